The zero-order valence-electron chi connectivity index (χ0n) is 13.1. The fraction of sp³-hybridized carbons (Fsp3) is 0.200. The summed E-state index contributed by atoms with van der Waals surface area (Å²) in [6.07, 6.45) is -4.62. The van der Waals surface area contributed by atoms with E-state index < -0.39 is 32.4 Å². The van der Waals surface area contributed by atoms with Crippen molar-refractivity contribution in [2.24, 2.45) is 0 Å². The fourth-order valence-corrected chi connectivity index (χ4v) is 3.58. The standard InChI is InChI=1S/C15H13F3N2O4S/c1-10-6-7-13(20(21)22)9-14(10)25(23,24)19(2)12-5-3-4-11(8-12)15(16,17)18/h3-9H,1-2H3. The van der Waals surface area contributed by atoms with E-state index in [4.69, 9.17) is 0 Å². The maximum Gasteiger partial charge on any atom is 0.416 e. The van der Waals surface area contributed by atoms with Gasteiger partial charge in [0.05, 0.1) is 21.1 Å². The molecule has 0 aliphatic carbocycles. The number of aryl methyl sites for hydroxylation is 1. The number of anilines is 1. The van der Waals surface area contributed by atoms with E-state index in [0.717, 1.165) is 31.3 Å². The molecule has 6 nitrogen and oxygen atoms in total. The van der Waals surface area contributed by atoms with Crippen molar-refractivity contribution in [1.29, 1.82) is 0 Å². The number of nitro groups is 1. The van der Waals surface area contributed by atoms with Gasteiger partial charge < -0.3 is 0 Å². The molecule has 0 heterocycles. The van der Waals surface area contributed by atoms with Crippen molar-refractivity contribution in [2.75, 3.05) is 11.4 Å². The van der Waals surface area contributed by atoms with Crippen LogP contribution >= 0.6 is 0 Å². The summed E-state index contributed by atoms with van der Waals surface area (Å²) in [6, 6.07) is 7.12. The molecular weight excluding hydrogens is 361 g/mol. The van der Waals surface area contributed by atoms with Crippen molar-refractivity contribution >= 4 is 21.4 Å². The van der Waals surface area contributed by atoms with Crippen molar-refractivity contribution in [3.05, 3.63) is 63.7 Å². The summed E-state index contributed by atoms with van der Waals surface area (Å²) in [4.78, 5) is 9.77. The third-order valence-electron chi connectivity index (χ3n) is 3.56. The highest BCUT2D eigenvalue weighted by Crippen LogP contribution is 2.33. The first-order valence-corrected chi connectivity index (χ1v) is 8.30. The van der Waals surface area contributed by atoms with Crippen molar-refractivity contribution in [1.82, 2.24) is 0 Å². The number of nitro benzene ring substituents is 1. The van der Waals surface area contributed by atoms with Gasteiger partial charge in [0, 0.05) is 19.2 Å². The number of sulfonamides is 1. The van der Waals surface area contributed by atoms with Gasteiger partial charge in [-0.3, -0.25) is 14.4 Å². The minimum absolute atomic E-state index is 0.208. The van der Waals surface area contributed by atoms with E-state index in [1.54, 1.807) is 0 Å². The van der Waals surface area contributed by atoms with E-state index in [1.807, 2.05) is 0 Å². The first-order valence-electron chi connectivity index (χ1n) is 6.86. The van der Waals surface area contributed by atoms with E-state index >= 15 is 0 Å². The van der Waals surface area contributed by atoms with Crippen molar-refractivity contribution in [3.8, 4) is 0 Å². The molecule has 0 saturated carbocycles. The van der Waals surface area contributed by atoms with Crippen LogP contribution in [-0.4, -0.2) is 20.4 Å². The monoisotopic (exact) mass is 374 g/mol. The summed E-state index contributed by atoms with van der Waals surface area (Å²) in [5.41, 5.74) is -1.39. The lowest BCUT2D eigenvalue weighted by Gasteiger charge is -2.21. The van der Waals surface area contributed by atoms with Gasteiger partial charge >= 0.3 is 6.18 Å². The Hall–Kier alpha value is -2.62. The zero-order chi connectivity index (χ0) is 19.0. The maximum atomic E-state index is 12.8. The van der Waals surface area contributed by atoms with Crippen molar-refractivity contribution in [3.63, 3.8) is 0 Å². The number of nitrogens with zero attached hydrogens (tertiary/aromatic N) is 2. The normalized spacial score (nSPS) is 12.0. The van der Waals surface area contributed by atoms with Gasteiger partial charge in [-0.05, 0) is 30.7 Å². The lowest BCUT2D eigenvalue weighted by atomic mass is 10.2. The Bertz CT molecular complexity index is 927. The molecule has 0 atom stereocenters. The second kappa shape index (κ2) is 6.36. The van der Waals surface area contributed by atoms with Gasteiger partial charge in [0.1, 0.15) is 0 Å². The molecule has 2 aromatic carbocycles. The average molecular weight is 374 g/mol. The highest BCUT2D eigenvalue weighted by atomic mass is 32.2. The smallest absolute Gasteiger partial charge is 0.269 e. The molecule has 0 spiro atoms. The van der Waals surface area contributed by atoms with Gasteiger partial charge in [-0.1, -0.05) is 12.1 Å². The minimum Gasteiger partial charge on any atom is -0.269 e. The van der Waals surface area contributed by atoms with E-state index in [-0.39, 0.29) is 16.1 Å². The average Bonchev–Trinajstić information content (AvgIpc) is 2.53. The van der Waals surface area contributed by atoms with Crippen LogP contribution in [0.3, 0.4) is 0 Å². The van der Waals surface area contributed by atoms with Gasteiger partial charge in [0.2, 0.25) is 0 Å². The zero-order valence-corrected chi connectivity index (χ0v) is 13.9. The van der Waals surface area contributed by atoms with Crippen LogP contribution in [0.4, 0.5) is 24.5 Å². The molecule has 0 fully saturated rings. The van der Waals surface area contributed by atoms with Crippen LogP contribution in [0.2, 0.25) is 0 Å². The van der Waals surface area contributed by atoms with E-state index in [1.165, 1.54) is 19.1 Å². The van der Waals surface area contributed by atoms with Crippen LogP contribution in [-0.2, 0) is 16.2 Å². The van der Waals surface area contributed by atoms with Crippen molar-refractivity contribution < 1.29 is 26.5 Å². The molecule has 0 radical (unpaired) electrons. The third kappa shape index (κ3) is 3.73. The van der Waals surface area contributed by atoms with E-state index in [0.29, 0.717) is 10.4 Å². The minimum atomic E-state index is -4.62. The molecular formula is C15H13F3N2O4S. The summed E-state index contributed by atoms with van der Waals surface area (Å²) in [5.74, 6) is 0. The van der Waals surface area contributed by atoms with Gasteiger partial charge in [-0.25, -0.2) is 8.42 Å². The molecule has 0 aliphatic heterocycles. The number of benzene rings is 2. The number of non-ortho nitro benzene ring substituents is 1. The summed E-state index contributed by atoms with van der Waals surface area (Å²) < 4.78 is 64.5. The van der Waals surface area contributed by atoms with E-state index in [9.17, 15) is 31.7 Å². The molecule has 0 bridgehead atoms. The number of halogens is 3. The topological polar surface area (TPSA) is 80.5 Å². The van der Waals surface area contributed by atoms with E-state index in [2.05, 4.69) is 0 Å². The maximum absolute atomic E-state index is 12.8. The first kappa shape index (κ1) is 18.7. The summed E-state index contributed by atoms with van der Waals surface area (Å²) >= 11 is 0. The predicted molar refractivity (Wildman–Crippen MR) is 84.9 cm³/mol. The number of alkyl halides is 3. The molecule has 2 rings (SSSR count). The Labute approximate surface area is 141 Å². The summed E-state index contributed by atoms with van der Waals surface area (Å²) in [7, 11) is -3.19. The molecule has 2 aromatic rings. The van der Waals surface area contributed by atoms with Crippen LogP contribution in [0.15, 0.2) is 47.4 Å². The molecule has 0 aromatic heterocycles. The highest BCUT2D eigenvalue weighted by molar-refractivity contribution is 7.92. The van der Waals surface area contributed by atoms with Crippen molar-refractivity contribution in [2.45, 2.75) is 18.0 Å². The quantitative estimate of drug-likeness (QED) is 0.603. The third-order valence-corrected chi connectivity index (χ3v) is 5.49. The second-order valence-electron chi connectivity index (χ2n) is 5.23. The number of hydrogen-bond donors (Lipinski definition) is 0. The molecule has 0 aliphatic rings. The molecule has 0 unspecified atom stereocenters. The van der Waals surface area contributed by atoms with Crippen LogP contribution in [0.5, 0.6) is 0 Å². The molecule has 0 N–H and O–H groups in total. The van der Waals surface area contributed by atoms with Gasteiger partial charge in [-0.15, -0.1) is 0 Å². The Morgan fingerprint density at radius 2 is 1.76 bits per heavy atom. The second-order valence-corrected chi connectivity index (χ2v) is 7.17. The van der Waals surface area contributed by atoms with Crippen LogP contribution < -0.4 is 4.31 Å². The number of rotatable bonds is 4. The Morgan fingerprint density at radius 1 is 1.12 bits per heavy atom. The largest absolute Gasteiger partial charge is 0.416 e. The highest BCUT2D eigenvalue weighted by Gasteiger charge is 2.32. The lowest BCUT2D eigenvalue weighted by molar-refractivity contribution is -0.385. The molecule has 0 saturated heterocycles. The number of hydrogen-bond acceptors (Lipinski definition) is 4. The Kier molecular flexibility index (Phi) is 4.76. The van der Waals surface area contributed by atoms with Gasteiger partial charge in [0.25, 0.3) is 15.7 Å². The predicted octanol–water partition coefficient (Wildman–Crippen LogP) is 3.75. The van der Waals surface area contributed by atoms with Gasteiger partial charge in [0.15, 0.2) is 0 Å². The summed E-state index contributed by atoms with van der Waals surface area (Å²) in [5, 5.41) is 10.9. The van der Waals surface area contributed by atoms with Crippen LogP contribution in [0, 0.1) is 17.0 Å². The SMILES string of the molecule is Cc1ccc([N+](=O)[O-])cc1S(=O)(=O)N(C)c1cccc(C(F)(F)F)c1. The molecule has 10 heteroatoms. The summed E-state index contributed by atoms with van der Waals surface area (Å²) in [6.45, 7) is 1.44. The Morgan fingerprint density at radius 3 is 2.32 bits per heavy atom. The van der Waals surface area contributed by atoms with Gasteiger partial charge in [-0.2, -0.15) is 13.2 Å². The molecule has 0 amide bonds. The van der Waals surface area contributed by atoms with Crippen LogP contribution in [0.25, 0.3) is 0 Å². The lowest BCUT2D eigenvalue weighted by Crippen LogP contribution is -2.27. The molecule has 134 valence electrons. The fourth-order valence-electron chi connectivity index (χ4n) is 2.14. The Balaban J connectivity index is 2.54. The van der Waals surface area contributed by atoms with Crippen LogP contribution in [0.1, 0.15) is 11.1 Å². The molecule has 25 heavy (non-hydrogen) atoms. The first-order chi connectivity index (χ1) is 11.4.